The quantitative estimate of drug-likeness (QED) is 0.626. The van der Waals surface area contributed by atoms with Gasteiger partial charge in [0.2, 0.25) is 0 Å². The van der Waals surface area contributed by atoms with Crippen molar-refractivity contribution in [1.29, 1.82) is 0 Å². The van der Waals surface area contributed by atoms with Crippen LogP contribution in [-0.4, -0.2) is 72.7 Å². The van der Waals surface area contributed by atoms with Crippen molar-refractivity contribution in [3.63, 3.8) is 0 Å². The molecule has 2 aromatic rings. The highest BCUT2D eigenvalue weighted by atomic mass is 16.5. The largest absolute Gasteiger partial charge is 0.490 e. The lowest BCUT2D eigenvalue weighted by molar-refractivity contribution is 0.0467. The van der Waals surface area contributed by atoms with Crippen LogP contribution in [0.15, 0.2) is 54.6 Å². The Bertz CT molecular complexity index is 758. The molecule has 0 aliphatic carbocycles. The summed E-state index contributed by atoms with van der Waals surface area (Å²) in [5.41, 5.74) is 1.74. The normalized spacial score (nSPS) is 16.5. The number of β-amino-alcohol motifs (C(OH)–C–C–N with tert-alkyl or cyclic N) is 1. The highest BCUT2D eigenvalue weighted by Crippen LogP contribution is 2.21. The van der Waals surface area contributed by atoms with E-state index in [4.69, 9.17) is 4.74 Å². The van der Waals surface area contributed by atoms with Crippen LogP contribution in [0.4, 0.5) is 0 Å². The Kier molecular flexibility index (Phi) is 8.23. The summed E-state index contributed by atoms with van der Waals surface area (Å²) in [5, 5.41) is 10.4. The number of piperazine rings is 1. The predicted octanol–water partition coefficient (Wildman–Crippen LogP) is 2.88. The maximum absolute atomic E-state index is 12.7. The molecule has 0 amide bonds. The van der Waals surface area contributed by atoms with Gasteiger partial charge in [0.1, 0.15) is 18.5 Å². The molecule has 0 saturated carbocycles. The van der Waals surface area contributed by atoms with Gasteiger partial charge in [-0.1, -0.05) is 49.4 Å². The molecule has 1 atom stereocenters. The number of nitrogens with zero attached hydrogens (tertiary/aromatic N) is 2. The van der Waals surface area contributed by atoms with E-state index in [-0.39, 0.29) is 12.4 Å². The summed E-state index contributed by atoms with van der Waals surface area (Å²) < 4.78 is 5.85. The predicted molar refractivity (Wildman–Crippen MR) is 116 cm³/mol. The van der Waals surface area contributed by atoms with E-state index in [0.29, 0.717) is 30.7 Å². The van der Waals surface area contributed by atoms with E-state index in [1.54, 1.807) is 6.07 Å². The van der Waals surface area contributed by atoms with Crippen molar-refractivity contribution in [2.75, 3.05) is 45.9 Å². The molecule has 1 heterocycles. The Morgan fingerprint density at radius 2 is 1.66 bits per heavy atom. The lowest BCUT2D eigenvalue weighted by atomic mass is 10.0. The fourth-order valence-corrected chi connectivity index (χ4v) is 3.68. The first kappa shape index (κ1) is 21.5. The SMILES string of the molecule is CCN1CCN(CC(O)COc2ccccc2C(=O)CCc2ccccc2)CC1. The minimum absolute atomic E-state index is 0.0645. The highest BCUT2D eigenvalue weighted by Gasteiger charge is 2.19. The monoisotopic (exact) mass is 396 g/mol. The molecule has 1 aliphatic rings. The van der Waals surface area contributed by atoms with Crippen LogP contribution in [0.5, 0.6) is 5.75 Å². The Balaban J connectivity index is 1.49. The number of hydrogen-bond acceptors (Lipinski definition) is 5. The molecular weight excluding hydrogens is 364 g/mol. The summed E-state index contributed by atoms with van der Waals surface area (Å²) in [6.45, 7) is 8.08. The third-order valence-corrected chi connectivity index (χ3v) is 5.48. The van der Waals surface area contributed by atoms with Gasteiger partial charge >= 0.3 is 0 Å². The van der Waals surface area contributed by atoms with Crippen LogP contribution in [-0.2, 0) is 6.42 Å². The van der Waals surface area contributed by atoms with Gasteiger partial charge in [-0.05, 0) is 30.7 Å². The van der Waals surface area contributed by atoms with E-state index >= 15 is 0 Å². The number of aliphatic hydroxyl groups excluding tert-OH is 1. The van der Waals surface area contributed by atoms with Gasteiger partial charge in [-0.25, -0.2) is 0 Å². The van der Waals surface area contributed by atoms with Crippen LogP contribution in [0.1, 0.15) is 29.3 Å². The van der Waals surface area contributed by atoms with Crippen LogP contribution in [0.2, 0.25) is 0 Å². The number of hydrogen-bond donors (Lipinski definition) is 1. The fraction of sp³-hybridized carbons (Fsp3) is 0.458. The van der Waals surface area contributed by atoms with E-state index in [0.717, 1.165) is 38.3 Å². The molecule has 29 heavy (non-hydrogen) atoms. The first-order chi connectivity index (χ1) is 14.2. The van der Waals surface area contributed by atoms with Gasteiger partial charge in [-0.15, -0.1) is 0 Å². The van der Waals surface area contributed by atoms with Gasteiger partial charge in [0.05, 0.1) is 5.56 Å². The molecule has 0 radical (unpaired) electrons. The van der Waals surface area contributed by atoms with Gasteiger partial charge in [0, 0.05) is 39.1 Å². The van der Waals surface area contributed by atoms with Gasteiger partial charge in [-0.2, -0.15) is 0 Å². The van der Waals surface area contributed by atoms with Gasteiger partial charge in [-0.3, -0.25) is 9.69 Å². The smallest absolute Gasteiger partial charge is 0.166 e. The van der Waals surface area contributed by atoms with Gasteiger partial charge in [0.15, 0.2) is 5.78 Å². The zero-order chi connectivity index (χ0) is 20.5. The number of likely N-dealkylation sites (N-methyl/N-ethyl adjacent to an activating group) is 1. The van der Waals surface area contributed by atoms with Crippen LogP contribution in [0.25, 0.3) is 0 Å². The van der Waals surface area contributed by atoms with Crippen LogP contribution < -0.4 is 4.74 Å². The second-order valence-corrected chi connectivity index (χ2v) is 7.60. The van der Waals surface area contributed by atoms with E-state index < -0.39 is 6.10 Å². The number of ketones is 1. The Morgan fingerprint density at radius 1 is 1.00 bits per heavy atom. The maximum Gasteiger partial charge on any atom is 0.166 e. The zero-order valence-electron chi connectivity index (χ0n) is 17.3. The second kappa shape index (κ2) is 11.1. The molecule has 1 fully saturated rings. The fourth-order valence-electron chi connectivity index (χ4n) is 3.68. The number of Topliss-reactive ketones (excluding diaryl/α,β-unsaturated/α-hetero) is 1. The summed E-state index contributed by atoms with van der Waals surface area (Å²) in [7, 11) is 0. The van der Waals surface area contributed by atoms with Crippen LogP contribution in [0.3, 0.4) is 0 Å². The molecule has 1 saturated heterocycles. The molecule has 1 N–H and O–H groups in total. The minimum atomic E-state index is -0.573. The lowest BCUT2D eigenvalue weighted by Gasteiger charge is -2.34. The van der Waals surface area contributed by atoms with Crippen molar-refractivity contribution in [2.24, 2.45) is 0 Å². The lowest BCUT2D eigenvalue weighted by Crippen LogP contribution is -2.49. The molecule has 0 aromatic heterocycles. The van der Waals surface area contributed by atoms with E-state index in [1.165, 1.54) is 0 Å². The Morgan fingerprint density at radius 3 is 2.38 bits per heavy atom. The number of aryl methyl sites for hydroxylation is 1. The Labute approximate surface area is 173 Å². The van der Waals surface area contributed by atoms with Crippen molar-refractivity contribution in [1.82, 2.24) is 9.80 Å². The van der Waals surface area contributed by atoms with Gasteiger partial charge in [0.25, 0.3) is 0 Å². The molecule has 1 aliphatic heterocycles. The summed E-state index contributed by atoms with van der Waals surface area (Å²) in [6, 6.07) is 17.3. The van der Waals surface area contributed by atoms with Crippen molar-refractivity contribution < 1.29 is 14.6 Å². The molecule has 3 rings (SSSR count). The van der Waals surface area contributed by atoms with Crippen molar-refractivity contribution >= 4 is 5.78 Å². The van der Waals surface area contributed by atoms with E-state index in [2.05, 4.69) is 16.7 Å². The van der Waals surface area contributed by atoms with Crippen molar-refractivity contribution in [2.45, 2.75) is 25.9 Å². The number of carbonyl (C=O) groups excluding carboxylic acids is 1. The average Bonchev–Trinajstić information content (AvgIpc) is 2.77. The number of para-hydroxylation sites is 1. The first-order valence-electron chi connectivity index (χ1n) is 10.6. The number of aliphatic hydroxyl groups is 1. The number of benzene rings is 2. The van der Waals surface area contributed by atoms with E-state index in [1.807, 2.05) is 48.5 Å². The number of ether oxygens (including phenoxy) is 1. The summed E-state index contributed by atoms with van der Waals surface area (Å²) >= 11 is 0. The molecule has 2 aromatic carbocycles. The number of rotatable bonds is 10. The molecule has 0 bridgehead atoms. The molecule has 5 heteroatoms. The summed E-state index contributed by atoms with van der Waals surface area (Å²) in [4.78, 5) is 17.4. The molecular formula is C24H32N2O3. The molecule has 1 unspecified atom stereocenters. The third kappa shape index (κ3) is 6.67. The van der Waals surface area contributed by atoms with Crippen molar-refractivity contribution in [3.8, 4) is 5.75 Å². The summed E-state index contributed by atoms with van der Waals surface area (Å²) in [6.07, 6.45) is 0.574. The molecule has 156 valence electrons. The van der Waals surface area contributed by atoms with Crippen molar-refractivity contribution in [3.05, 3.63) is 65.7 Å². The molecule has 5 nitrogen and oxygen atoms in total. The maximum atomic E-state index is 12.7. The highest BCUT2D eigenvalue weighted by molar-refractivity contribution is 5.98. The van der Waals surface area contributed by atoms with Gasteiger partial charge < -0.3 is 14.7 Å². The average molecular weight is 397 g/mol. The number of carbonyl (C=O) groups is 1. The summed E-state index contributed by atoms with van der Waals surface area (Å²) in [5.74, 6) is 0.620. The van der Waals surface area contributed by atoms with Crippen LogP contribution in [0, 0.1) is 0 Å². The zero-order valence-corrected chi connectivity index (χ0v) is 17.3. The Hall–Kier alpha value is -2.21. The standard InChI is InChI=1S/C24H32N2O3/c1-2-25-14-16-26(17-15-25)18-21(27)19-29-24-11-7-6-10-22(24)23(28)13-12-20-8-4-3-5-9-20/h3-11,21,27H,2,12-19H2,1H3. The third-order valence-electron chi connectivity index (χ3n) is 5.48. The van der Waals surface area contributed by atoms with E-state index in [9.17, 15) is 9.90 Å². The topological polar surface area (TPSA) is 53.0 Å². The minimum Gasteiger partial charge on any atom is -0.490 e. The van der Waals surface area contributed by atoms with Crippen LogP contribution >= 0.6 is 0 Å². The second-order valence-electron chi connectivity index (χ2n) is 7.60. The molecule has 0 spiro atoms. The first-order valence-corrected chi connectivity index (χ1v) is 10.6.